The van der Waals surface area contributed by atoms with E-state index in [0.717, 1.165) is 48.6 Å². The first kappa shape index (κ1) is 47.3. The Hall–Kier alpha value is -6.72. The molecule has 4 aromatic heterocycles. The monoisotopic (exact) mass is 868 g/mol. The second-order valence-corrected chi connectivity index (χ2v) is 15.1. The third kappa shape index (κ3) is 11.4. The van der Waals surface area contributed by atoms with Gasteiger partial charge in [-0.3, -0.25) is 32.9 Å². The van der Waals surface area contributed by atoms with E-state index in [-0.39, 0.29) is 17.1 Å². The van der Waals surface area contributed by atoms with Gasteiger partial charge in [0.2, 0.25) is 0 Å². The van der Waals surface area contributed by atoms with Gasteiger partial charge in [0.05, 0.1) is 31.6 Å². The summed E-state index contributed by atoms with van der Waals surface area (Å²) in [5.41, 5.74) is 5.46. The zero-order valence-electron chi connectivity index (χ0n) is 37.7. The Balaban J connectivity index is 0.000000238. The summed E-state index contributed by atoms with van der Waals surface area (Å²) in [6, 6.07) is 13.2. The first-order chi connectivity index (χ1) is 30.2. The topological polar surface area (TPSA) is 212 Å². The lowest BCUT2D eigenvalue weighted by Gasteiger charge is -2.14. The third-order valence-corrected chi connectivity index (χ3v) is 10.4. The summed E-state index contributed by atoms with van der Waals surface area (Å²) < 4.78 is 23.0. The number of aromatic nitrogens is 8. The van der Waals surface area contributed by atoms with Crippen LogP contribution in [0.2, 0.25) is 0 Å². The number of nitrogens with zero attached hydrogens (tertiary/aromatic N) is 8. The van der Waals surface area contributed by atoms with Crippen LogP contribution in [0.25, 0.3) is 22.1 Å². The van der Waals surface area contributed by atoms with Crippen molar-refractivity contribution in [3.63, 3.8) is 0 Å². The number of carbonyl (C=O) groups excluding carboxylic acids is 1. The summed E-state index contributed by atoms with van der Waals surface area (Å²) in [6.07, 6.45) is 4.75. The Bertz CT molecular complexity index is 2610. The van der Waals surface area contributed by atoms with Gasteiger partial charge >= 0.3 is 11.9 Å². The summed E-state index contributed by atoms with van der Waals surface area (Å²) in [4.78, 5) is 58.3. The van der Waals surface area contributed by atoms with Gasteiger partial charge in [0, 0.05) is 38.3 Å². The molecule has 2 unspecified atom stereocenters. The van der Waals surface area contributed by atoms with Gasteiger partial charge < -0.3 is 30.0 Å². The van der Waals surface area contributed by atoms with Crippen LogP contribution in [0.5, 0.6) is 11.5 Å². The Morgan fingerprint density at radius 3 is 1.41 bits per heavy atom. The second-order valence-electron chi connectivity index (χ2n) is 15.1. The summed E-state index contributed by atoms with van der Waals surface area (Å²) >= 11 is 0. The molecule has 0 saturated carbocycles. The predicted molar refractivity (Wildman–Crippen MR) is 242 cm³/mol. The number of aryl methyl sites for hydroxylation is 6. The molecule has 0 aliphatic heterocycles. The van der Waals surface area contributed by atoms with E-state index in [2.05, 4.69) is 34.7 Å². The van der Waals surface area contributed by atoms with Gasteiger partial charge in [0.15, 0.2) is 11.0 Å². The SMILES string of the molecule is CCCc1nn(C)c2c(=O)n(CCOc3ccc(NC(C)C(=O)O)cc3)c(CC)nc12.CCCc1nn(C)c2c(=O)n(CCOc3ccc(NC(C)C(=O)OC)cc3)c(CC)nc12. The van der Waals surface area contributed by atoms with Gasteiger partial charge in [-0.25, -0.2) is 14.8 Å². The molecular weight excluding hydrogens is 809 g/mol. The quantitative estimate of drug-likeness (QED) is 0.0831. The van der Waals surface area contributed by atoms with Crippen LogP contribution in [0.4, 0.5) is 11.4 Å². The molecule has 0 spiro atoms. The molecule has 18 nitrogen and oxygen atoms in total. The second kappa shape index (κ2) is 21.9. The number of carboxylic acids is 1. The van der Waals surface area contributed by atoms with E-state index in [4.69, 9.17) is 29.3 Å². The minimum absolute atomic E-state index is 0.0934. The molecule has 3 N–H and O–H groups in total. The number of nitrogens with one attached hydrogen (secondary N) is 2. The summed E-state index contributed by atoms with van der Waals surface area (Å²) in [5, 5.41) is 23.9. The van der Waals surface area contributed by atoms with E-state index >= 15 is 0 Å². The van der Waals surface area contributed by atoms with Crippen molar-refractivity contribution in [2.75, 3.05) is 31.0 Å². The van der Waals surface area contributed by atoms with Crippen molar-refractivity contribution in [3.05, 3.63) is 92.3 Å². The number of fused-ring (bicyclic) bond motifs is 2. The molecule has 2 atom stereocenters. The van der Waals surface area contributed by atoms with Crippen LogP contribution in [0.1, 0.15) is 77.4 Å². The highest BCUT2D eigenvalue weighted by molar-refractivity contribution is 5.79. The molecule has 0 aliphatic carbocycles. The minimum Gasteiger partial charge on any atom is -0.492 e. The Morgan fingerprint density at radius 2 is 1.06 bits per heavy atom. The summed E-state index contributed by atoms with van der Waals surface area (Å²) in [7, 11) is 4.92. The van der Waals surface area contributed by atoms with Gasteiger partial charge in [-0.2, -0.15) is 10.2 Å². The molecule has 338 valence electrons. The molecule has 2 aromatic carbocycles. The number of rotatable bonds is 20. The largest absolute Gasteiger partial charge is 0.492 e. The Kier molecular flexibility index (Phi) is 16.4. The number of hydrogen-bond donors (Lipinski definition) is 3. The van der Waals surface area contributed by atoms with Crippen molar-refractivity contribution in [2.45, 2.75) is 105 Å². The molecule has 0 amide bonds. The number of carboxylic acid groups (broad SMARTS) is 1. The lowest BCUT2D eigenvalue weighted by Crippen LogP contribution is -2.28. The van der Waals surface area contributed by atoms with Crippen molar-refractivity contribution in [1.82, 2.24) is 38.7 Å². The molecule has 0 saturated heterocycles. The molecule has 0 radical (unpaired) electrons. The van der Waals surface area contributed by atoms with E-state index in [0.29, 0.717) is 84.2 Å². The number of hydrogen-bond acceptors (Lipinski definition) is 13. The van der Waals surface area contributed by atoms with Crippen LogP contribution in [-0.4, -0.2) is 88.1 Å². The van der Waals surface area contributed by atoms with E-state index in [9.17, 15) is 19.2 Å². The van der Waals surface area contributed by atoms with Gasteiger partial charge in [-0.05, 0) is 75.2 Å². The molecule has 0 fully saturated rings. The number of anilines is 2. The third-order valence-electron chi connectivity index (χ3n) is 10.4. The highest BCUT2D eigenvalue weighted by Crippen LogP contribution is 2.20. The number of benzene rings is 2. The number of esters is 1. The maximum atomic E-state index is 13.2. The van der Waals surface area contributed by atoms with Crippen molar-refractivity contribution in [3.8, 4) is 11.5 Å². The van der Waals surface area contributed by atoms with Crippen LogP contribution in [0.3, 0.4) is 0 Å². The smallest absolute Gasteiger partial charge is 0.327 e. The first-order valence-electron chi connectivity index (χ1n) is 21.4. The number of methoxy groups -OCH3 is 1. The van der Waals surface area contributed by atoms with E-state index in [1.54, 1.807) is 70.7 Å². The Labute approximate surface area is 366 Å². The average molecular weight is 869 g/mol. The minimum atomic E-state index is -0.918. The molecule has 18 heteroatoms. The van der Waals surface area contributed by atoms with Gasteiger partial charge in [0.25, 0.3) is 11.1 Å². The normalized spacial score (nSPS) is 12.1. The van der Waals surface area contributed by atoms with Crippen LogP contribution in [0, 0.1) is 0 Å². The molecule has 0 bridgehead atoms. The van der Waals surface area contributed by atoms with Gasteiger partial charge in [-0.1, -0.05) is 40.5 Å². The van der Waals surface area contributed by atoms with Crippen molar-refractivity contribution in [1.29, 1.82) is 0 Å². The zero-order valence-corrected chi connectivity index (χ0v) is 37.7. The molecule has 6 rings (SSSR count). The highest BCUT2D eigenvalue weighted by Gasteiger charge is 2.20. The van der Waals surface area contributed by atoms with Crippen molar-refractivity contribution < 1.29 is 28.9 Å². The zero-order chi connectivity index (χ0) is 45.8. The lowest BCUT2D eigenvalue weighted by atomic mass is 10.2. The molecule has 0 aliphatic rings. The van der Waals surface area contributed by atoms with Crippen LogP contribution in [0.15, 0.2) is 58.1 Å². The molecular formula is C45H60N10O8. The van der Waals surface area contributed by atoms with Gasteiger partial charge in [-0.15, -0.1) is 0 Å². The highest BCUT2D eigenvalue weighted by atomic mass is 16.5. The van der Waals surface area contributed by atoms with E-state index in [1.807, 2.05) is 38.1 Å². The maximum absolute atomic E-state index is 13.2. The Morgan fingerprint density at radius 1 is 0.667 bits per heavy atom. The van der Waals surface area contributed by atoms with Crippen molar-refractivity contribution >= 4 is 45.4 Å². The van der Waals surface area contributed by atoms with Gasteiger partial charge in [0.1, 0.15) is 59.5 Å². The molecule has 4 heterocycles. The standard InChI is InChI=1S/C23H31N5O4.C22H29N5O4/c1-6-8-18-20-21(27(4)26-18)22(29)28(19(7-2)25-20)13-14-32-17-11-9-16(10-12-17)24-15(3)23(30)31-5;1-5-7-17-19-20(26(4)25-17)21(28)27(18(6-2)24-19)12-13-31-16-10-8-15(9-11-16)23-14(3)22(29)30/h9-12,15,24H,6-8,13-14H2,1-5H3;8-11,14,23H,5-7,12-13H2,1-4H3,(H,29,30). The lowest BCUT2D eigenvalue weighted by molar-refractivity contribution is -0.141. The number of ether oxygens (including phenoxy) is 3. The fraction of sp³-hybridized carbons (Fsp3) is 0.467. The molecule has 63 heavy (non-hydrogen) atoms. The molecule has 6 aromatic rings. The first-order valence-corrected chi connectivity index (χ1v) is 21.4. The summed E-state index contributed by atoms with van der Waals surface area (Å²) in [5.74, 6) is 1.51. The van der Waals surface area contributed by atoms with Crippen molar-refractivity contribution in [2.24, 2.45) is 14.1 Å². The van der Waals surface area contributed by atoms with Crippen LogP contribution in [-0.2, 0) is 67.2 Å². The summed E-state index contributed by atoms with van der Waals surface area (Å²) in [6.45, 7) is 12.8. The number of aliphatic carboxylic acids is 1. The van der Waals surface area contributed by atoms with E-state index in [1.165, 1.54) is 7.11 Å². The fourth-order valence-electron chi connectivity index (χ4n) is 7.13. The van der Waals surface area contributed by atoms with E-state index < -0.39 is 18.1 Å². The fourth-order valence-corrected chi connectivity index (χ4v) is 7.13. The average Bonchev–Trinajstić information content (AvgIpc) is 3.76. The predicted octanol–water partition coefficient (Wildman–Crippen LogP) is 5.31. The van der Waals surface area contributed by atoms with Crippen LogP contribution >= 0.6 is 0 Å². The number of carbonyl (C=O) groups is 2. The maximum Gasteiger partial charge on any atom is 0.327 e. The van der Waals surface area contributed by atoms with Crippen LogP contribution < -0.4 is 31.2 Å².